The van der Waals surface area contributed by atoms with Crippen LogP contribution in [0.1, 0.15) is 17.9 Å². The Labute approximate surface area is 145 Å². The first kappa shape index (κ1) is 16.7. The lowest BCUT2D eigenvalue weighted by Gasteiger charge is -2.04. The van der Waals surface area contributed by atoms with E-state index >= 15 is 0 Å². The van der Waals surface area contributed by atoms with Gasteiger partial charge in [-0.15, -0.1) is 10.2 Å². The van der Waals surface area contributed by atoms with Crippen LogP contribution in [0.4, 0.5) is 5.69 Å². The zero-order valence-electron chi connectivity index (χ0n) is 14.2. The largest absolute Gasteiger partial charge is 0.497 e. The summed E-state index contributed by atoms with van der Waals surface area (Å²) in [7, 11) is 1.61. The topological polar surface area (TPSA) is 77.2 Å². The van der Waals surface area contributed by atoms with E-state index in [9.17, 15) is 4.79 Å². The summed E-state index contributed by atoms with van der Waals surface area (Å²) >= 11 is 0. The average Bonchev–Trinajstić information content (AvgIpc) is 3.09. The molecule has 6 heteroatoms. The molecule has 1 amide bonds. The van der Waals surface area contributed by atoms with Gasteiger partial charge in [-0.05, 0) is 48.9 Å². The number of nitrogens with one attached hydrogen (secondary N) is 1. The van der Waals surface area contributed by atoms with Crippen LogP contribution in [0.25, 0.3) is 11.5 Å². The Bertz CT molecular complexity index is 856. The van der Waals surface area contributed by atoms with Crippen molar-refractivity contribution >= 4 is 11.6 Å². The lowest BCUT2D eigenvalue weighted by atomic mass is 10.2. The van der Waals surface area contributed by atoms with Crippen LogP contribution in [0.3, 0.4) is 0 Å². The summed E-state index contributed by atoms with van der Waals surface area (Å²) in [5, 5.41) is 10.9. The number of amides is 1. The number of benzene rings is 2. The molecule has 0 bridgehead atoms. The molecule has 0 atom stereocenters. The minimum atomic E-state index is -0.0882. The standard InChI is InChI=1S/C19H19N3O3/c1-13-4-3-5-15(12-13)20-17(23)10-11-18-21-22-19(25-18)14-6-8-16(24-2)9-7-14/h3-9,12H,10-11H2,1-2H3,(H,20,23). The number of hydrogen-bond donors (Lipinski definition) is 1. The summed E-state index contributed by atoms with van der Waals surface area (Å²) in [6.07, 6.45) is 0.666. The second-order valence-electron chi connectivity index (χ2n) is 5.65. The number of carbonyl (C=O) groups excluding carboxylic acids is 1. The number of aromatic nitrogens is 2. The summed E-state index contributed by atoms with van der Waals surface area (Å²) in [6.45, 7) is 1.98. The van der Waals surface area contributed by atoms with Crippen molar-refractivity contribution in [2.24, 2.45) is 0 Å². The second kappa shape index (κ2) is 7.61. The molecule has 6 nitrogen and oxygen atoms in total. The molecule has 0 saturated carbocycles. The Morgan fingerprint density at radius 2 is 1.96 bits per heavy atom. The molecule has 0 aliphatic carbocycles. The van der Waals surface area contributed by atoms with Gasteiger partial charge in [-0.3, -0.25) is 4.79 Å². The number of methoxy groups -OCH3 is 1. The first-order valence-corrected chi connectivity index (χ1v) is 7.97. The van der Waals surface area contributed by atoms with Crippen molar-refractivity contribution in [3.05, 3.63) is 60.0 Å². The number of nitrogens with zero attached hydrogens (tertiary/aromatic N) is 2. The molecule has 2 aromatic carbocycles. The minimum absolute atomic E-state index is 0.0882. The maximum Gasteiger partial charge on any atom is 0.247 e. The van der Waals surface area contributed by atoms with Gasteiger partial charge in [0.15, 0.2) is 0 Å². The quantitative estimate of drug-likeness (QED) is 0.743. The molecule has 1 heterocycles. The lowest BCUT2D eigenvalue weighted by Crippen LogP contribution is -2.12. The van der Waals surface area contributed by atoms with Crippen LogP contribution in [0, 0.1) is 6.92 Å². The molecule has 0 unspecified atom stereocenters. The maximum atomic E-state index is 12.0. The summed E-state index contributed by atoms with van der Waals surface area (Å²) < 4.78 is 10.7. The van der Waals surface area contributed by atoms with Gasteiger partial charge in [0.25, 0.3) is 0 Å². The molecule has 0 fully saturated rings. The van der Waals surface area contributed by atoms with Crippen molar-refractivity contribution in [1.29, 1.82) is 0 Å². The summed E-state index contributed by atoms with van der Waals surface area (Å²) in [4.78, 5) is 12.0. The van der Waals surface area contributed by atoms with Gasteiger partial charge >= 0.3 is 0 Å². The van der Waals surface area contributed by atoms with Gasteiger partial charge in [0, 0.05) is 24.1 Å². The van der Waals surface area contributed by atoms with Crippen molar-refractivity contribution in [3.8, 4) is 17.2 Å². The van der Waals surface area contributed by atoms with E-state index in [0.717, 1.165) is 22.6 Å². The molecule has 3 aromatic rings. The maximum absolute atomic E-state index is 12.0. The summed E-state index contributed by atoms with van der Waals surface area (Å²) in [5.41, 5.74) is 2.69. The molecule has 0 radical (unpaired) electrons. The van der Waals surface area contributed by atoms with Gasteiger partial charge in [0.05, 0.1) is 7.11 Å². The van der Waals surface area contributed by atoms with Gasteiger partial charge in [-0.2, -0.15) is 0 Å². The van der Waals surface area contributed by atoms with Gasteiger partial charge in [-0.1, -0.05) is 12.1 Å². The van der Waals surface area contributed by atoms with E-state index in [1.165, 1.54) is 0 Å². The predicted molar refractivity (Wildman–Crippen MR) is 94.4 cm³/mol. The molecule has 0 aliphatic rings. The molecule has 128 valence electrons. The van der Waals surface area contributed by atoms with E-state index in [-0.39, 0.29) is 12.3 Å². The van der Waals surface area contributed by atoms with E-state index in [2.05, 4.69) is 15.5 Å². The smallest absolute Gasteiger partial charge is 0.247 e. The number of rotatable bonds is 6. The number of carbonyl (C=O) groups is 1. The number of aryl methyl sites for hydroxylation is 2. The van der Waals surface area contributed by atoms with Crippen LogP contribution < -0.4 is 10.1 Å². The van der Waals surface area contributed by atoms with E-state index in [0.29, 0.717) is 18.2 Å². The third-order valence-electron chi connectivity index (χ3n) is 3.67. The van der Waals surface area contributed by atoms with Crippen LogP contribution in [-0.2, 0) is 11.2 Å². The molecule has 0 saturated heterocycles. The second-order valence-corrected chi connectivity index (χ2v) is 5.65. The Hall–Kier alpha value is -3.15. The van der Waals surface area contributed by atoms with Crippen molar-refractivity contribution in [2.75, 3.05) is 12.4 Å². The molecule has 0 spiro atoms. The first-order valence-electron chi connectivity index (χ1n) is 7.97. The highest BCUT2D eigenvalue weighted by molar-refractivity contribution is 5.90. The third kappa shape index (κ3) is 4.44. The fraction of sp³-hybridized carbons (Fsp3) is 0.211. The van der Waals surface area contributed by atoms with Crippen LogP contribution in [0.2, 0.25) is 0 Å². The van der Waals surface area contributed by atoms with Crippen LogP contribution in [0.5, 0.6) is 5.75 Å². The molecular weight excluding hydrogens is 318 g/mol. The van der Waals surface area contributed by atoms with Gasteiger partial charge in [0.2, 0.25) is 17.7 Å². The van der Waals surface area contributed by atoms with Crippen LogP contribution >= 0.6 is 0 Å². The van der Waals surface area contributed by atoms with Gasteiger partial charge < -0.3 is 14.5 Å². The third-order valence-corrected chi connectivity index (χ3v) is 3.67. The zero-order chi connectivity index (χ0) is 17.6. The predicted octanol–water partition coefficient (Wildman–Crippen LogP) is 3.62. The number of hydrogen-bond acceptors (Lipinski definition) is 5. The highest BCUT2D eigenvalue weighted by Gasteiger charge is 2.11. The average molecular weight is 337 g/mol. The van der Waals surface area contributed by atoms with E-state index < -0.39 is 0 Å². The zero-order valence-corrected chi connectivity index (χ0v) is 14.2. The fourth-order valence-corrected chi connectivity index (χ4v) is 2.37. The van der Waals surface area contributed by atoms with Crippen molar-refractivity contribution in [1.82, 2.24) is 10.2 Å². The summed E-state index contributed by atoms with van der Waals surface area (Å²) in [6, 6.07) is 15.0. The lowest BCUT2D eigenvalue weighted by molar-refractivity contribution is -0.116. The van der Waals surface area contributed by atoms with E-state index in [1.807, 2.05) is 55.5 Å². The Morgan fingerprint density at radius 3 is 2.68 bits per heavy atom. The van der Waals surface area contributed by atoms with Gasteiger partial charge in [-0.25, -0.2) is 0 Å². The Morgan fingerprint density at radius 1 is 1.16 bits per heavy atom. The number of anilines is 1. The number of ether oxygens (including phenoxy) is 1. The molecule has 1 N–H and O–H groups in total. The monoisotopic (exact) mass is 337 g/mol. The fourth-order valence-electron chi connectivity index (χ4n) is 2.37. The highest BCUT2D eigenvalue weighted by Crippen LogP contribution is 2.21. The summed E-state index contributed by atoms with van der Waals surface area (Å²) in [5.74, 6) is 1.54. The SMILES string of the molecule is COc1ccc(-c2nnc(CCC(=O)Nc3cccc(C)c3)o2)cc1. The Balaban J connectivity index is 1.56. The first-order chi connectivity index (χ1) is 12.1. The van der Waals surface area contributed by atoms with Crippen LogP contribution in [0.15, 0.2) is 52.9 Å². The normalized spacial score (nSPS) is 10.5. The molecule has 1 aromatic heterocycles. The molecule has 3 rings (SSSR count). The Kier molecular flexibility index (Phi) is 5.09. The van der Waals surface area contributed by atoms with Crippen molar-refractivity contribution in [2.45, 2.75) is 19.8 Å². The highest BCUT2D eigenvalue weighted by atomic mass is 16.5. The van der Waals surface area contributed by atoms with Gasteiger partial charge in [0.1, 0.15) is 5.75 Å². The van der Waals surface area contributed by atoms with Crippen molar-refractivity contribution in [3.63, 3.8) is 0 Å². The molecular formula is C19H19N3O3. The molecule has 25 heavy (non-hydrogen) atoms. The van der Waals surface area contributed by atoms with Crippen LogP contribution in [-0.4, -0.2) is 23.2 Å². The minimum Gasteiger partial charge on any atom is -0.497 e. The van der Waals surface area contributed by atoms with Crippen molar-refractivity contribution < 1.29 is 13.9 Å². The van der Waals surface area contributed by atoms with E-state index in [4.69, 9.17) is 9.15 Å². The van der Waals surface area contributed by atoms with E-state index in [1.54, 1.807) is 7.11 Å². The molecule has 0 aliphatic heterocycles.